The van der Waals surface area contributed by atoms with Gasteiger partial charge in [-0.3, -0.25) is 0 Å². The van der Waals surface area contributed by atoms with Gasteiger partial charge in [-0.2, -0.15) is 11.3 Å². The first-order chi connectivity index (χ1) is 8.24. The lowest BCUT2D eigenvalue weighted by Crippen LogP contribution is -2.23. The number of thiophene rings is 1. The lowest BCUT2D eigenvalue weighted by molar-refractivity contribution is 0.605. The van der Waals surface area contributed by atoms with E-state index in [4.69, 9.17) is 5.73 Å². The molecule has 1 atom stereocenters. The fourth-order valence-electron chi connectivity index (χ4n) is 1.81. The molecule has 90 valence electrons. The molecule has 0 aliphatic heterocycles. The highest BCUT2D eigenvalue weighted by Gasteiger charge is 2.05. The van der Waals surface area contributed by atoms with Crippen LogP contribution >= 0.6 is 11.3 Å². The van der Waals surface area contributed by atoms with E-state index in [-0.39, 0.29) is 11.9 Å². The Morgan fingerprint density at radius 3 is 2.53 bits per heavy atom. The molecular weight excluding hydrogens is 233 g/mol. The van der Waals surface area contributed by atoms with E-state index in [1.165, 1.54) is 17.7 Å². The van der Waals surface area contributed by atoms with E-state index >= 15 is 0 Å². The summed E-state index contributed by atoms with van der Waals surface area (Å²) in [7, 11) is 0. The highest BCUT2D eigenvalue weighted by atomic mass is 32.1. The van der Waals surface area contributed by atoms with E-state index in [0.29, 0.717) is 0 Å². The van der Waals surface area contributed by atoms with Gasteiger partial charge in [0, 0.05) is 6.04 Å². The zero-order valence-electron chi connectivity index (χ0n) is 9.60. The molecule has 1 heterocycles. The van der Waals surface area contributed by atoms with Crippen molar-refractivity contribution in [1.82, 2.24) is 0 Å². The molecule has 3 heteroatoms. The average Bonchev–Trinajstić information content (AvgIpc) is 2.83. The highest BCUT2D eigenvalue weighted by molar-refractivity contribution is 7.07. The zero-order chi connectivity index (χ0) is 12.1. The summed E-state index contributed by atoms with van der Waals surface area (Å²) >= 11 is 1.71. The van der Waals surface area contributed by atoms with Crippen LogP contribution in [0.25, 0.3) is 0 Å². The van der Waals surface area contributed by atoms with Crippen LogP contribution in [0.1, 0.15) is 17.5 Å². The first-order valence-electron chi connectivity index (χ1n) is 5.75. The second-order valence-electron chi connectivity index (χ2n) is 4.26. The first-order valence-corrected chi connectivity index (χ1v) is 6.69. The third-order valence-corrected chi connectivity index (χ3v) is 3.53. The van der Waals surface area contributed by atoms with Gasteiger partial charge in [-0.15, -0.1) is 0 Å². The van der Waals surface area contributed by atoms with Crippen molar-refractivity contribution in [2.45, 2.75) is 25.3 Å². The summed E-state index contributed by atoms with van der Waals surface area (Å²) in [5, 5.41) is 4.24. The van der Waals surface area contributed by atoms with Gasteiger partial charge in [-0.1, -0.05) is 12.1 Å². The Morgan fingerprint density at radius 1 is 1.12 bits per heavy atom. The molecule has 0 bridgehead atoms. The Labute approximate surface area is 105 Å². The van der Waals surface area contributed by atoms with Gasteiger partial charge in [-0.25, -0.2) is 4.39 Å². The van der Waals surface area contributed by atoms with E-state index < -0.39 is 0 Å². The molecule has 1 aromatic heterocycles. The molecule has 0 saturated heterocycles. The van der Waals surface area contributed by atoms with Crippen molar-refractivity contribution in [3.8, 4) is 0 Å². The topological polar surface area (TPSA) is 26.0 Å². The smallest absolute Gasteiger partial charge is 0.123 e. The highest BCUT2D eigenvalue weighted by Crippen LogP contribution is 2.12. The SMILES string of the molecule is NC(CCc1ccsc1)Cc1ccc(F)cc1. The van der Waals surface area contributed by atoms with Crippen LogP contribution in [0.3, 0.4) is 0 Å². The van der Waals surface area contributed by atoms with Crippen LogP contribution in [0, 0.1) is 5.82 Å². The van der Waals surface area contributed by atoms with Crippen molar-refractivity contribution in [2.24, 2.45) is 5.73 Å². The van der Waals surface area contributed by atoms with Crippen LogP contribution in [0.15, 0.2) is 41.1 Å². The second-order valence-corrected chi connectivity index (χ2v) is 5.04. The largest absolute Gasteiger partial charge is 0.327 e. The van der Waals surface area contributed by atoms with Crippen LogP contribution in [0.2, 0.25) is 0 Å². The zero-order valence-corrected chi connectivity index (χ0v) is 10.4. The molecule has 0 fully saturated rings. The van der Waals surface area contributed by atoms with Gasteiger partial charge in [0.05, 0.1) is 0 Å². The van der Waals surface area contributed by atoms with Gasteiger partial charge in [0.2, 0.25) is 0 Å². The maximum atomic E-state index is 12.7. The number of hydrogen-bond acceptors (Lipinski definition) is 2. The van der Waals surface area contributed by atoms with E-state index in [2.05, 4.69) is 16.8 Å². The lowest BCUT2D eigenvalue weighted by Gasteiger charge is -2.10. The predicted molar refractivity (Wildman–Crippen MR) is 70.7 cm³/mol. The molecule has 1 aromatic carbocycles. The lowest BCUT2D eigenvalue weighted by atomic mass is 10.0. The molecule has 2 N–H and O–H groups in total. The minimum absolute atomic E-state index is 0.139. The summed E-state index contributed by atoms with van der Waals surface area (Å²) in [5.74, 6) is -0.194. The summed E-state index contributed by atoms with van der Waals surface area (Å²) in [5.41, 5.74) is 8.52. The number of aryl methyl sites for hydroxylation is 1. The Hall–Kier alpha value is -1.19. The summed E-state index contributed by atoms with van der Waals surface area (Å²) < 4.78 is 12.7. The van der Waals surface area contributed by atoms with Gasteiger partial charge in [-0.05, 0) is 59.3 Å². The second kappa shape index (κ2) is 5.94. The minimum atomic E-state index is -0.194. The Balaban J connectivity index is 1.80. The summed E-state index contributed by atoms with van der Waals surface area (Å²) in [6.07, 6.45) is 2.80. The maximum Gasteiger partial charge on any atom is 0.123 e. The fourth-order valence-corrected chi connectivity index (χ4v) is 2.52. The van der Waals surface area contributed by atoms with Crippen LogP contribution in [-0.4, -0.2) is 6.04 Å². The number of rotatable bonds is 5. The van der Waals surface area contributed by atoms with Crippen molar-refractivity contribution in [3.63, 3.8) is 0 Å². The van der Waals surface area contributed by atoms with E-state index in [1.807, 2.05) is 0 Å². The van der Waals surface area contributed by atoms with Crippen LogP contribution < -0.4 is 5.73 Å². The van der Waals surface area contributed by atoms with Crippen LogP contribution in [0.4, 0.5) is 4.39 Å². The third-order valence-electron chi connectivity index (χ3n) is 2.80. The molecule has 0 spiro atoms. The van der Waals surface area contributed by atoms with Gasteiger partial charge in [0.25, 0.3) is 0 Å². The minimum Gasteiger partial charge on any atom is -0.327 e. The van der Waals surface area contributed by atoms with Gasteiger partial charge >= 0.3 is 0 Å². The Kier molecular flexibility index (Phi) is 4.29. The van der Waals surface area contributed by atoms with Crippen molar-refractivity contribution in [1.29, 1.82) is 0 Å². The van der Waals surface area contributed by atoms with Crippen molar-refractivity contribution in [2.75, 3.05) is 0 Å². The van der Waals surface area contributed by atoms with Gasteiger partial charge in [0.1, 0.15) is 5.82 Å². The number of halogens is 1. The molecular formula is C14H16FNS. The monoisotopic (exact) mass is 249 g/mol. The normalized spacial score (nSPS) is 12.6. The van der Waals surface area contributed by atoms with E-state index in [9.17, 15) is 4.39 Å². The first kappa shape index (κ1) is 12.3. The van der Waals surface area contributed by atoms with Crippen LogP contribution in [0.5, 0.6) is 0 Å². The average molecular weight is 249 g/mol. The third kappa shape index (κ3) is 3.95. The van der Waals surface area contributed by atoms with Crippen molar-refractivity contribution < 1.29 is 4.39 Å². The van der Waals surface area contributed by atoms with E-state index in [0.717, 1.165) is 24.8 Å². The molecule has 0 aliphatic carbocycles. The molecule has 0 radical (unpaired) electrons. The summed E-state index contributed by atoms with van der Waals surface area (Å²) in [4.78, 5) is 0. The Morgan fingerprint density at radius 2 is 1.88 bits per heavy atom. The van der Waals surface area contributed by atoms with Crippen molar-refractivity contribution >= 4 is 11.3 Å². The fraction of sp³-hybridized carbons (Fsp3) is 0.286. The van der Waals surface area contributed by atoms with Crippen LogP contribution in [-0.2, 0) is 12.8 Å². The van der Waals surface area contributed by atoms with Gasteiger partial charge < -0.3 is 5.73 Å². The molecule has 0 aliphatic rings. The predicted octanol–water partition coefficient (Wildman–Crippen LogP) is 3.39. The standard InChI is InChI=1S/C14H16FNS/c15-13-4-1-11(2-5-13)9-14(16)6-3-12-7-8-17-10-12/h1-2,4-5,7-8,10,14H,3,6,9,16H2. The summed E-state index contributed by atoms with van der Waals surface area (Å²) in [6, 6.07) is 8.86. The van der Waals surface area contributed by atoms with E-state index in [1.54, 1.807) is 23.5 Å². The molecule has 0 saturated carbocycles. The number of hydrogen-bond donors (Lipinski definition) is 1. The summed E-state index contributed by atoms with van der Waals surface area (Å²) in [6.45, 7) is 0. The molecule has 2 aromatic rings. The molecule has 1 unspecified atom stereocenters. The quantitative estimate of drug-likeness (QED) is 0.863. The molecule has 1 nitrogen and oxygen atoms in total. The molecule has 0 amide bonds. The maximum absolute atomic E-state index is 12.7. The molecule has 2 rings (SSSR count). The molecule has 17 heavy (non-hydrogen) atoms. The number of nitrogens with two attached hydrogens (primary N) is 1. The Bertz CT molecular complexity index is 436. The number of benzene rings is 1. The van der Waals surface area contributed by atoms with Crippen molar-refractivity contribution in [3.05, 3.63) is 58.0 Å². The van der Waals surface area contributed by atoms with Gasteiger partial charge in [0.15, 0.2) is 0 Å².